The lowest BCUT2D eigenvalue weighted by Crippen LogP contribution is -2.28. The lowest BCUT2D eigenvalue weighted by molar-refractivity contribution is 0.464. The van der Waals surface area contributed by atoms with Gasteiger partial charge in [-0.3, -0.25) is 0 Å². The van der Waals surface area contributed by atoms with E-state index in [2.05, 4.69) is 34.6 Å². The molecule has 2 aromatic carbocycles. The summed E-state index contributed by atoms with van der Waals surface area (Å²) in [6.45, 7) is 1.75. The van der Waals surface area contributed by atoms with Gasteiger partial charge in [-0.1, -0.05) is 35.9 Å². The number of aromatic nitrogens is 1. The van der Waals surface area contributed by atoms with Crippen molar-refractivity contribution < 1.29 is 4.42 Å². The number of hydrogen-bond donors (Lipinski definition) is 1. The van der Waals surface area contributed by atoms with Gasteiger partial charge in [-0.05, 0) is 23.3 Å². The van der Waals surface area contributed by atoms with Gasteiger partial charge in [0.1, 0.15) is 5.52 Å². The first-order valence-corrected chi connectivity index (χ1v) is 7.03. The second-order valence-electron chi connectivity index (χ2n) is 5.05. The molecule has 3 nitrogen and oxygen atoms in total. The number of rotatable bonds is 1. The fourth-order valence-electron chi connectivity index (χ4n) is 2.78. The molecule has 4 rings (SSSR count). The molecular formula is C16H13ClN2O. The van der Waals surface area contributed by atoms with Crippen molar-refractivity contribution >= 4 is 22.7 Å². The first kappa shape index (κ1) is 11.9. The summed E-state index contributed by atoms with van der Waals surface area (Å²) < 4.78 is 5.91. The number of nitrogens with one attached hydrogen (secondary N) is 1. The summed E-state index contributed by atoms with van der Waals surface area (Å²) in [6, 6.07) is 14.0. The van der Waals surface area contributed by atoms with Crippen molar-refractivity contribution in [3.05, 3.63) is 64.5 Å². The van der Waals surface area contributed by atoms with Crippen LogP contribution in [0.15, 0.2) is 46.9 Å². The normalized spacial score (nSPS) is 18.1. The Bertz CT molecular complexity index is 781. The van der Waals surface area contributed by atoms with Gasteiger partial charge in [0.2, 0.25) is 5.89 Å². The molecule has 0 saturated carbocycles. The smallest absolute Gasteiger partial charge is 0.204 e. The van der Waals surface area contributed by atoms with E-state index in [0.29, 0.717) is 5.02 Å². The van der Waals surface area contributed by atoms with Gasteiger partial charge in [0.15, 0.2) is 5.58 Å². The van der Waals surface area contributed by atoms with Crippen molar-refractivity contribution in [3.63, 3.8) is 0 Å². The minimum atomic E-state index is 0.158. The molecule has 100 valence electrons. The molecule has 0 saturated heterocycles. The molecule has 1 N–H and O–H groups in total. The number of halogens is 1. The largest absolute Gasteiger partial charge is 0.440 e. The predicted molar refractivity (Wildman–Crippen MR) is 79.0 cm³/mol. The highest BCUT2D eigenvalue weighted by Gasteiger charge is 2.25. The minimum Gasteiger partial charge on any atom is -0.440 e. The second-order valence-corrected chi connectivity index (χ2v) is 5.48. The van der Waals surface area contributed by atoms with E-state index in [1.165, 1.54) is 11.1 Å². The van der Waals surface area contributed by atoms with Crippen LogP contribution in [0.25, 0.3) is 11.1 Å². The van der Waals surface area contributed by atoms with Crippen LogP contribution in [-0.2, 0) is 6.54 Å². The summed E-state index contributed by atoms with van der Waals surface area (Å²) in [5, 5.41) is 4.09. The van der Waals surface area contributed by atoms with E-state index in [1.54, 1.807) is 0 Å². The zero-order chi connectivity index (χ0) is 13.5. The molecule has 0 aliphatic carbocycles. The Morgan fingerprint density at radius 1 is 1.20 bits per heavy atom. The van der Waals surface area contributed by atoms with Gasteiger partial charge in [0.25, 0.3) is 0 Å². The monoisotopic (exact) mass is 284 g/mol. The summed E-state index contributed by atoms with van der Waals surface area (Å²) in [6.07, 6.45) is 0. The molecule has 0 amide bonds. The van der Waals surface area contributed by atoms with Gasteiger partial charge in [0.05, 0.1) is 5.92 Å². The molecule has 0 fully saturated rings. The van der Waals surface area contributed by atoms with Crippen LogP contribution in [0.5, 0.6) is 0 Å². The third kappa shape index (κ3) is 1.90. The highest BCUT2D eigenvalue weighted by Crippen LogP contribution is 2.32. The van der Waals surface area contributed by atoms with E-state index in [-0.39, 0.29) is 5.92 Å². The molecule has 3 aromatic rings. The number of benzene rings is 2. The summed E-state index contributed by atoms with van der Waals surface area (Å²) >= 11 is 5.99. The van der Waals surface area contributed by atoms with E-state index < -0.39 is 0 Å². The summed E-state index contributed by atoms with van der Waals surface area (Å²) in [5.74, 6) is 0.910. The maximum atomic E-state index is 5.99. The predicted octanol–water partition coefficient (Wildman–Crippen LogP) is 3.72. The molecule has 1 aliphatic heterocycles. The number of nitrogens with zero attached hydrogens (tertiary/aromatic N) is 1. The Balaban J connectivity index is 1.84. The Hall–Kier alpha value is -1.84. The Morgan fingerprint density at radius 2 is 2.10 bits per heavy atom. The second kappa shape index (κ2) is 4.62. The van der Waals surface area contributed by atoms with Crippen LogP contribution < -0.4 is 5.32 Å². The highest BCUT2D eigenvalue weighted by atomic mass is 35.5. The van der Waals surface area contributed by atoms with Crippen LogP contribution in [-0.4, -0.2) is 11.5 Å². The molecule has 4 heteroatoms. The first-order chi connectivity index (χ1) is 9.81. The highest BCUT2D eigenvalue weighted by molar-refractivity contribution is 6.31. The van der Waals surface area contributed by atoms with Crippen molar-refractivity contribution in [2.24, 2.45) is 0 Å². The van der Waals surface area contributed by atoms with Crippen molar-refractivity contribution in [1.29, 1.82) is 0 Å². The average Bonchev–Trinajstić information content (AvgIpc) is 2.89. The van der Waals surface area contributed by atoms with E-state index in [0.717, 1.165) is 30.1 Å². The van der Waals surface area contributed by atoms with Gasteiger partial charge in [-0.2, -0.15) is 0 Å². The lowest BCUT2D eigenvalue weighted by atomic mass is 9.91. The molecule has 1 atom stereocenters. The molecule has 0 spiro atoms. The van der Waals surface area contributed by atoms with Crippen LogP contribution in [0.2, 0.25) is 5.02 Å². The van der Waals surface area contributed by atoms with Gasteiger partial charge < -0.3 is 9.73 Å². The van der Waals surface area contributed by atoms with E-state index in [1.807, 2.05) is 18.2 Å². The summed E-state index contributed by atoms with van der Waals surface area (Å²) in [7, 11) is 0. The standard InChI is InChI=1S/C16H13ClN2O/c17-11-5-6-14-15(7-11)20-16(19-14)13-9-18-8-10-3-1-2-4-12(10)13/h1-7,13,18H,8-9H2. The zero-order valence-electron chi connectivity index (χ0n) is 10.8. The molecule has 1 unspecified atom stereocenters. The minimum absolute atomic E-state index is 0.158. The zero-order valence-corrected chi connectivity index (χ0v) is 11.5. The quantitative estimate of drug-likeness (QED) is 0.740. The number of oxazole rings is 1. The van der Waals surface area contributed by atoms with Crippen LogP contribution in [0, 0.1) is 0 Å². The van der Waals surface area contributed by atoms with Crippen molar-refractivity contribution in [3.8, 4) is 0 Å². The summed E-state index contributed by atoms with van der Waals surface area (Å²) in [5.41, 5.74) is 4.20. The topological polar surface area (TPSA) is 38.1 Å². The van der Waals surface area contributed by atoms with Crippen LogP contribution >= 0.6 is 11.6 Å². The fraction of sp³-hybridized carbons (Fsp3) is 0.188. The molecule has 2 heterocycles. The van der Waals surface area contributed by atoms with Crippen molar-refractivity contribution in [2.45, 2.75) is 12.5 Å². The van der Waals surface area contributed by atoms with Crippen LogP contribution in [0.1, 0.15) is 22.9 Å². The number of hydrogen-bond acceptors (Lipinski definition) is 3. The summed E-state index contributed by atoms with van der Waals surface area (Å²) in [4.78, 5) is 4.61. The Labute approximate surface area is 121 Å². The first-order valence-electron chi connectivity index (χ1n) is 6.66. The van der Waals surface area contributed by atoms with Crippen LogP contribution in [0.4, 0.5) is 0 Å². The molecule has 20 heavy (non-hydrogen) atoms. The van der Waals surface area contributed by atoms with Gasteiger partial charge >= 0.3 is 0 Å². The molecule has 1 aliphatic rings. The Kier molecular flexibility index (Phi) is 2.76. The van der Waals surface area contributed by atoms with Gasteiger partial charge in [0, 0.05) is 24.2 Å². The molecule has 0 bridgehead atoms. The van der Waals surface area contributed by atoms with Gasteiger partial charge in [-0.25, -0.2) is 4.98 Å². The van der Waals surface area contributed by atoms with Gasteiger partial charge in [-0.15, -0.1) is 0 Å². The molecular weight excluding hydrogens is 272 g/mol. The molecule has 0 radical (unpaired) electrons. The van der Waals surface area contributed by atoms with Crippen molar-refractivity contribution in [2.75, 3.05) is 6.54 Å². The molecule has 1 aromatic heterocycles. The maximum absolute atomic E-state index is 5.99. The maximum Gasteiger partial charge on any atom is 0.204 e. The third-order valence-electron chi connectivity index (χ3n) is 3.76. The number of fused-ring (bicyclic) bond motifs is 2. The van der Waals surface area contributed by atoms with Crippen molar-refractivity contribution in [1.82, 2.24) is 10.3 Å². The van der Waals surface area contributed by atoms with E-state index >= 15 is 0 Å². The van der Waals surface area contributed by atoms with E-state index in [4.69, 9.17) is 16.0 Å². The van der Waals surface area contributed by atoms with E-state index in [9.17, 15) is 0 Å². The fourth-order valence-corrected chi connectivity index (χ4v) is 2.94. The average molecular weight is 285 g/mol. The Morgan fingerprint density at radius 3 is 3.05 bits per heavy atom. The third-order valence-corrected chi connectivity index (χ3v) is 3.99. The lowest BCUT2D eigenvalue weighted by Gasteiger charge is -2.23. The van der Waals surface area contributed by atoms with Crippen LogP contribution in [0.3, 0.4) is 0 Å². The SMILES string of the molecule is Clc1ccc2nc(C3CNCc4ccccc43)oc2c1.